The summed E-state index contributed by atoms with van der Waals surface area (Å²) in [5.74, 6) is -0.466. The van der Waals surface area contributed by atoms with Crippen molar-refractivity contribution in [3.05, 3.63) is 69.5 Å². The first-order valence-corrected chi connectivity index (χ1v) is 9.86. The van der Waals surface area contributed by atoms with Crippen LogP contribution in [0.25, 0.3) is 11.0 Å². The van der Waals surface area contributed by atoms with Crippen molar-refractivity contribution < 1.29 is 19.2 Å². The van der Waals surface area contributed by atoms with Crippen LogP contribution in [-0.2, 0) is 4.74 Å². The fourth-order valence-corrected chi connectivity index (χ4v) is 3.92. The number of nitro groups is 1. The van der Waals surface area contributed by atoms with E-state index >= 15 is 0 Å². The Morgan fingerprint density at radius 2 is 2.17 bits per heavy atom. The maximum Gasteiger partial charge on any atom is 0.354 e. The molecule has 3 aromatic rings. The van der Waals surface area contributed by atoms with E-state index in [2.05, 4.69) is 9.97 Å². The molecule has 0 bridgehead atoms. The Morgan fingerprint density at radius 1 is 1.33 bits per heavy atom. The number of rotatable bonds is 6. The molecule has 0 spiro atoms. The Morgan fingerprint density at radius 3 is 2.90 bits per heavy atom. The molecular weight excluding hydrogens is 386 g/mol. The van der Waals surface area contributed by atoms with Crippen molar-refractivity contribution in [1.82, 2.24) is 9.97 Å². The maximum absolute atomic E-state index is 12.2. The highest BCUT2D eigenvalue weighted by atomic mass is 16.6. The number of carbonyl (C=O) groups is 1. The minimum atomic E-state index is -0.428. The van der Waals surface area contributed by atoms with Gasteiger partial charge in [0.1, 0.15) is 11.3 Å². The van der Waals surface area contributed by atoms with Gasteiger partial charge in [0, 0.05) is 23.7 Å². The summed E-state index contributed by atoms with van der Waals surface area (Å²) in [6.07, 6.45) is 1.70. The largest absolute Gasteiger partial charge is 0.461 e. The third kappa shape index (κ3) is 3.54. The topological polar surface area (TPSA) is 113 Å². The Balaban J connectivity index is 1.78. The molecule has 0 amide bonds. The van der Waals surface area contributed by atoms with Crippen LogP contribution in [0.2, 0.25) is 0 Å². The number of hydrogen-bond acceptors (Lipinski definition) is 6. The molecule has 1 aromatic carbocycles. The number of nitrogens with one attached hydrogen (secondary N) is 1. The van der Waals surface area contributed by atoms with Crippen LogP contribution >= 0.6 is 0 Å². The predicted molar refractivity (Wildman–Crippen MR) is 109 cm³/mol. The van der Waals surface area contributed by atoms with Gasteiger partial charge in [-0.05, 0) is 42.2 Å². The number of azo groups is 2. The second kappa shape index (κ2) is 8.02. The van der Waals surface area contributed by atoms with Crippen molar-refractivity contribution in [3.63, 3.8) is 0 Å². The van der Waals surface area contributed by atoms with Gasteiger partial charge in [-0.15, -0.1) is 4.70 Å². The first-order valence-electron chi connectivity index (χ1n) is 9.86. The first-order chi connectivity index (χ1) is 14.5. The molecule has 4 rings (SSSR count). The molecule has 1 aliphatic rings. The van der Waals surface area contributed by atoms with E-state index in [9.17, 15) is 14.9 Å². The van der Waals surface area contributed by atoms with Gasteiger partial charge in [-0.1, -0.05) is 12.1 Å². The third-order valence-electron chi connectivity index (χ3n) is 5.32. The third-order valence-corrected chi connectivity index (χ3v) is 5.32. The molecule has 0 saturated carbocycles. The van der Waals surface area contributed by atoms with Crippen molar-refractivity contribution >= 4 is 22.7 Å². The van der Waals surface area contributed by atoms with Crippen LogP contribution < -0.4 is 0 Å². The minimum absolute atomic E-state index is 0.0386. The molecule has 9 nitrogen and oxygen atoms in total. The van der Waals surface area contributed by atoms with E-state index in [0.29, 0.717) is 17.9 Å². The van der Waals surface area contributed by atoms with Crippen LogP contribution in [-0.4, -0.2) is 45.3 Å². The zero-order valence-electron chi connectivity index (χ0n) is 16.7. The summed E-state index contributed by atoms with van der Waals surface area (Å²) in [6, 6.07) is 10.0. The van der Waals surface area contributed by atoms with E-state index in [1.54, 1.807) is 31.3 Å². The number of carbonyl (C=O) groups excluding carboxylic acids is 1. The normalized spacial score (nSPS) is 18.4. The zero-order chi connectivity index (χ0) is 21.3. The quantitative estimate of drug-likeness (QED) is 0.287. The van der Waals surface area contributed by atoms with Gasteiger partial charge in [0.05, 0.1) is 17.4 Å². The van der Waals surface area contributed by atoms with Gasteiger partial charge >= 0.3 is 5.97 Å². The van der Waals surface area contributed by atoms with Crippen molar-refractivity contribution in [1.29, 1.82) is 0 Å². The molecule has 30 heavy (non-hydrogen) atoms. The van der Waals surface area contributed by atoms with Crippen molar-refractivity contribution in [3.8, 4) is 0 Å². The Kier molecular flexibility index (Phi) is 5.26. The van der Waals surface area contributed by atoms with Gasteiger partial charge in [0.15, 0.2) is 19.1 Å². The number of non-ortho nitro benzene ring substituents is 1. The minimum Gasteiger partial charge on any atom is -0.461 e. The number of aromatic amines is 1. The van der Waals surface area contributed by atoms with E-state index in [0.717, 1.165) is 23.1 Å². The fourth-order valence-electron chi connectivity index (χ4n) is 3.92. The van der Waals surface area contributed by atoms with Crippen LogP contribution in [0.3, 0.4) is 0 Å². The fraction of sp³-hybridized carbons (Fsp3) is 0.333. The summed E-state index contributed by atoms with van der Waals surface area (Å²) in [6.45, 7) is 5.47. The Bertz CT molecular complexity index is 1150. The monoisotopic (exact) mass is 408 g/mol. The summed E-state index contributed by atoms with van der Waals surface area (Å²) in [5, 5.41) is 16.9. The summed E-state index contributed by atoms with van der Waals surface area (Å²) in [7, 11) is 0. The van der Waals surface area contributed by atoms with Gasteiger partial charge < -0.3 is 9.72 Å². The molecule has 0 fully saturated rings. The number of benzene rings is 1. The van der Waals surface area contributed by atoms with Gasteiger partial charge in [0.25, 0.3) is 5.69 Å². The molecule has 1 aliphatic heterocycles. The second-order valence-corrected chi connectivity index (χ2v) is 7.09. The average molecular weight is 408 g/mol. The van der Waals surface area contributed by atoms with Gasteiger partial charge in [-0.2, -0.15) is 0 Å². The summed E-state index contributed by atoms with van der Waals surface area (Å²) >= 11 is 0. The molecule has 0 aliphatic carbocycles. The molecule has 2 unspecified atom stereocenters. The van der Waals surface area contributed by atoms with Crippen molar-refractivity contribution in [2.24, 2.45) is 5.11 Å². The summed E-state index contributed by atoms with van der Waals surface area (Å²) in [4.78, 5) is 30.4. The lowest BCUT2D eigenvalue weighted by atomic mass is 9.87. The van der Waals surface area contributed by atoms with Crippen molar-refractivity contribution in [2.45, 2.75) is 25.8 Å². The number of fused-ring (bicyclic) bond motifs is 1. The lowest BCUT2D eigenvalue weighted by Crippen LogP contribution is -2.13. The number of likely N-dealkylation sites (N-methyl/N-ethyl adjacent to an activating group) is 1. The van der Waals surface area contributed by atoms with Crippen LogP contribution in [0, 0.1) is 10.1 Å². The highest BCUT2D eigenvalue weighted by molar-refractivity contribution is 5.94. The molecule has 3 heterocycles. The molecule has 154 valence electrons. The van der Waals surface area contributed by atoms with Crippen LogP contribution in [0.1, 0.15) is 47.4 Å². The smallest absolute Gasteiger partial charge is 0.354 e. The first kappa shape index (κ1) is 19.7. The molecule has 0 radical (unpaired) electrons. The molecular formula is C21H22N5O4+. The number of aromatic nitrogens is 2. The predicted octanol–water partition coefficient (Wildman–Crippen LogP) is 3.97. The van der Waals surface area contributed by atoms with Crippen LogP contribution in [0.5, 0.6) is 0 Å². The van der Waals surface area contributed by atoms with E-state index in [1.165, 1.54) is 6.07 Å². The number of esters is 1. The van der Waals surface area contributed by atoms with E-state index in [1.807, 2.05) is 23.8 Å². The standard InChI is InChI=1S/C21H21N5O4/c1-3-25-12-17(19(24-25)13-6-5-7-14(10-13)26(28)29)15-8-9-22-20-16(15)11-18(23-20)21(27)30-4-2/h5-11,17,19H,3-4,12H2,1-2H3/p+1. The van der Waals surface area contributed by atoms with E-state index in [-0.39, 0.29) is 24.3 Å². The molecule has 2 aromatic heterocycles. The number of nitrogens with zero attached hydrogens (tertiary/aromatic N) is 4. The number of pyridine rings is 1. The van der Waals surface area contributed by atoms with Gasteiger partial charge in [-0.25, -0.2) is 9.78 Å². The molecule has 1 N–H and O–H groups in total. The van der Waals surface area contributed by atoms with Crippen LogP contribution in [0.15, 0.2) is 47.7 Å². The SMILES string of the molecule is CCOC(=O)c1cc2c(C3C[N+](CC)=NC3c3cccc([N+](=O)[O-])c3)ccnc2[nH]1. The van der Waals surface area contributed by atoms with Gasteiger partial charge in [-0.3, -0.25) is 10.1 Å². The molecule has 0 saturated heterocycles. The summed E-state index contributed by atoms with van der Waals surface area (Å²) in [5.41, 5.74) is 2.77. The number of nitro benzene ring substituents is 1. The summed E-state index contributed by atoms with van der Waals surface area (Å²) < 4.78 is 7.07. The number of ether oxygens (including phenoxy) is 1. The lowest BCUT2D eigenvalue weighted by molar-refractivity contribution is -0.579. The number of H-pyrrole nitrogens is 1. The zero-order valence-corrected chi connectivity index (χ0v) is 16.7. The Labute approximate surface area is 172 Å². The van der Waals surface area contributed by atoms with Crippen LogP contribution in [0.4, 0.5) is 5.69 Å². The second-order valence-electron chi connectivity index (χ2n) is 7.09. The Hall–Kier alpha value is -3.62. The highest BCUT2D eigenvalue weighted by Gasteiger charge is 2.39. The van der Waals surface area contributed by atoms with Crippen molar-refractivity contribution in [2.75, 3.05) is 19.7 Å². The maximum atomic E-state index is 12.2. The number of hydrogen-bond donors (Lipinski definition) is 1. The lowest BCUT2D eigenvalue weighted by Gasteiger charge is -2.14. The highest BCUT2D eigenvalue weighted by Crippen LogP contribution is 2.41. The molecule has 2 atom stereocenters. The average Bonchev–Trinajstić information content (AvgIpc) is 3.38. The van der Waals surface area contributed by atoms with Gasteiger partial charge in [0.2, 0.25) is 0 Å². The van der Waals surface area contributed by atoms with E-state index in [4.69, 9.17) is 9.85 Å². The van der Waals surface area contributed by atoms with E-state index < -0.39 is 10.9 Å². The molecule has 9 heteroatoms.